The number of aryl methyl sites for hydroxylation is 1. The first-order chi connectivity index (χ1) is 14.9. The topological polar surface area (TPSA) is 110 Å². The number of hydrogen-bond acceptors (Lipinski definition) is 5. The van der Waals surface area contributed by atoms with Crippen LogP contribution in [0.5, 0.6) is 0 Å². The molecule has 0 bridgehead atoms. The average molecular weight is 441 g/mol. The van der Waals surface area contributed by atoms with E-state index >= 15 is 0 Å². The van der Waals surface area contributed by atoms with Crippen molar-refractivity contribution in [2.75, 3.05) is 5.32 Å². The van der Waals surface area contributed by atoms with Gasteiger partial charge in [-0.1, -0.05) is 37.6 Å². The molecule has 1 aromatic heterocycles. The average Bonchev–Trinajstić information content (AvgIpc) is 3.57. The maximum atomic E-state index is 13.1. The summed E-state index contributed by atoms with van der Waals surface area (Å²) in [7, 11) is -3.64. The molecule has 0 radical (unpaired) electrons. The monoisotopic (exact) mass is 440 g/mol. The van der Waals surface area contributed by atoms with Gasteiger partial charge in [0.2, 0.25) is 10.0 Å². The van der Waals surface area contributed by atoms with Crippen LogP contribution < -0.4 is 15.6 Å². The Morgan fingerprint density at radius 1 is 1.13 bits per heavy atom. The number of nitrogens with zero attached hydrogens (tertiary/aromatic N) is 2. The van der Waals surface area contributed by atoms with E-state index in [-0.39, 0.29) is 22.2 Å². The smallest absolute Gasteiger partial charge is 0.276 e. The van der Waals surface area contributed by atoms with Crippen LogP contribution in [-0.4, -0.2) is 30.1 Å². The molecule has 4 rings (SSSR count). The maximum Gasteiger partial charge on any atom is 0.276 e. The highest BCUT2D eigenvalue weighted by Gasteiger charge is 2.28. The number of fused-ring (bicyclic) bond motifs is 1. The first-order valence-electron chi connectivity index (χ1n) is 10.3. The molecule has 0 aliphatic heterocycles. The van der Waals surface area contributed by atoms with Gasteiger partial charge < -0.3 is 5.32 Å². The summed E-state index contributed by atoms with van der Waals surface area (Å²) >= 11 is 0. The van der Waals surface area contributed by atoms with Crippen LogP contribution in [0.2, 0.25) is 0 Å². The molecule has 1 aliphatic rings. The van der Waals surface area contributed by atoms with Crippen LogP contribution in [0.25, 0.3) is 10.8 Å². The largest absolute Gasteiger partial charge is 0.321 e. The Hall–Kier alpha value is -3.04. The van der Waals surface area contributed by atoms with E-state index in [1.807, 2.05) is 6.92 Å². The molecule has 1 fully saturated rings. The zero-order chi connectivity index (χ0) is 22.0. The Balaban J connectivity index is 1.66. The van der Waals surface area contributed by atoms with Gasteiger partial charge in [0.15, 0.2) is 5.69 Å². The van der Waals surface area contributed by atoms with E-state index in [2.05, 4.69) is 15.1 Å². The summed E-state index contributed by atoms with van der Waals surface area (Å²) in [5, 5.41) is 7.92. The summed E-state index contributed by atoms with van der Waals surface area (Å²) in [4.78, 5) is 25.9. The van der Waals surface area contributed by atoms with Gasteiger partial charge in [0.25, 0.3) is 11.5 Å². The fourth-order valence-corrected chi connectivity index (χ4v) is 4.63. The van der Waals surface area contributed by atoms with Crippen molar-refractivity contribution in [3.8, 4) is 0 Å². The first-order valence-corrected chi connectivity index (χ1v) is 11.8. The van der Waals surface area contributed by atoms with Crippen molar-refractivity contribution in [1.29, 1.82) is 0 Å². The van der Waals surface area contributed by atoms with Crippen molar-refractivity contribution in [3.05, 3.63) is 64.6 Å². The number of rotatable bonds is 8. The molecule has 1 heterocycles. The third-order valence-electron chi connectivity index (χ3n) is 5.11. The van der Waals surface area contributed by atoms with E-state index in [1.54, 1.807) is 36.4 Å². The lowest BCUT2D eigenvalue weighted by atomic mass is 10.1. The lowest BCUT2D eigenvalue weighted by Crippen LogP contribution is -2.28. The van der Waals surface area contributed by atoms with Gasteiger partial charge in [0.1, 0.15) is 0 Å². The molecule has 0 saturated heterocycles. The van der Waals surface area contributed by atoms with Crippen molar-refractivity contribution in [1.82, 2.24) is 14.5 Å². The highest BCUT2D eigenvalue weighted by atomic mass is 32.2. The minimum absolute atomic E-state index is 0.0111. The van der Waals surface area contributed by atoms with E-state index in [0.29, 0.717) is 23.0 Å². The van der Waals surface area contributed by atoms with E-state index in [4.69, 9.17) is 0 Å². The van der Waals surface area contributed by atoms with Crippen LogP contribution in [0.4, 0.5) is 5.69 Å². The number of hydrogen-bond donors (Lipinski definition) is 2. The summed E-state index contributed by atoms with van der Waals surface area (Å²) < 4.78 is 28.9. The van der Waals surface area contributed by atoms with E-state index in [9.17, 15) is 18.0 Å². The van der Waals surface area contributed by atoms with Gasteiger partial charge in [0.05, 0.1) is 10.3 Å². The summed E-state index contributed by atoms with van der Waals surface area (Å²) in [5.41, 5.74) is 0.219. The Kier molecular flexibility index (Phi) is 5.88. The standard InChI is InChI=1S/C22H24N4O4S/c1-2-3-13-26-22(28)19-10-5-4-9-18(19)20(24-26)21(27)23-16-7-6-8-17(14-16)31(29,30)25-15-11-12-15/h4-10,14-15,25H,2-3,11-13H2,1H3,(H,23,27). The van der Waals surface area contributed by atoms with Crippen molar-refractivity contribution in [2.45, 2.75) is 50.1 Å². The van der Waals surface area contributed by atoms with E-state index in [0.717, 1.165) is 25.7 Å². The highest BCUT2D eigenvalue weighted by molar-refractivity contribution is 7.89. The van der Waals surface area contributed by atoms with Crippen LogP contribution >= 0.6 is 0 Å². The fourth-order valence-electron chi connectivity index (χ4n) is 3.28. The van der Waals surface area contributed by atoms with Gasteiger partial charge in [0, 0.05) is 23.7 Å². The van der Waals surface area contributed by atoms with Crippen molar-refractivity contribution in [3.63, 3.8) is 0 Å². The molecule has 0 unspecified atom stereocenters. The van der Waals surface area contributed by atoms with E-state index in [1.165, 1.54) is 16.8 Å². The van der Waals surface area contributed by atoms with Crippen LogP contribution in [0.3, 0.4) is 0 Å². The molecule has 31 heavy (non-hydrogen) atoms. The Morgan fingerprint density at radius 3 is 2.58 bits per heavy atom. The number of anilines is 1. The highest BCUT2D eigenvalue weighted by Crippen LogP contribution is 2.23. The van der Waals surface area contributed by atoms with Gasteiger partial charge in [-0.15, -0.1) is 0 Å². The van der Waals surface area contributed by atoms with Crippen LogP contribution in [0.15, 0.2) is 58.2 Å². The second-order valence-corrected chi connectivity index (χ2v) is 9.37. The van der Waals surface area contributed by atoms with Crippen molar-refractivity contribution < 1.29 is 13.2 Å². The molecule has 162 valence electrons. The molecule has 8 nitrogen and oxygen atoms in total. The summed E-state index contributed by atoms with van der Waals surface area (Å²) in [6, 6.07) is 12.9. The molecule has 9 heteroatoms. The summed E-state index contributed by atoms with van der Waals surface area (Å²) in [6.45, 7) is 2.43. The molecule has 0 atom stereocenters. The van der Waals surface area contributed by atoms with Crippen LogP contribution in [0.1, 0.15) is 43.1 Å². The minimum atomic E-state index is -3.64. The van der Waals surface area contributed by atoms with Gasteiger partial charge in [-0.3, -0.25) is 9.59 Å². The number of unbranched alkanes of at least 4 members (excludes halogenated alkanes) is 1. The number of aromatic nitrogens is 2. The normalized spacial score (nSPS) is 14.0. The molecule has 1 saturated carbocycles. The summed E-state index contributed by atoms with van der Waals surface area (Å²) in [6.07, 6.45) is 3.32. The zero-order valence-corrected chi connectivity index (χ0v) is 18.0. The maximum absolute atomic E-state index is 13.1. The van der Waals surface area contributed by atoms with Gasteiger partial charge >= 0.3 is 0 Å². The fraction of sp³-hybridized carbons (Fsp3) is 0.318. The molecule has 2 N–H and O–H groups in total. The molecule has 2 aromatic carbocycles. The number of carbonyl (C=O) groups is 1. The number of sulfonamides is 1. The molecule has 1 aliphatic carbocycles. The number of amides is 1. The number of carbonyl (C=O) groups excluding carboxylic acids is 1. The van der Waals surface area contributed by atoms with Crippen molar-refractivity contribution >= 4 is 32.4 Å². The predicted octanol–water partition coefficient (Wildman–Crippen LogP) is 2.89. The Bertz CT molecular complexity index is 1300. The second-order valence-electron chi connectivity index (χ2n) is 7.65. The van der Waals surface area contributed by atoms with Gasteiger partial charge in [-0.25, -0.2) is 17.8 Å². The van der Waals surface area contributed by atoms with Crippen LogP contribution in [0, 0.1) is 0 Å². The lowest BCUT2D eigenvalue weighted by Gasteiger charge is -2.12. The molecular weight excluding hydrogens is 416 g/mol. The van der Waals surface area contributed by atoms with Gasteiger partial charge in [-0.2, -0.15) is 5.10 Å². The molecule has 1 amide bonds. The SMILES string of the molecule is CCCCn1nc(C(=O)Nc2cccc(S(=O)(=O)NC3CC3)c2)c2ccccc2c1=O. The lowest BCUT2D eigenvalue weighted by molar-refractivity contribution is 0.102. The molecule has 3 aromatic rings. The van der Waals surface area contributed by atoms with Crippen molar-refractivity contribution in [2.24, 2.45) is 0 Å². The third-order valence-corrected chi connectivity index (χ3v) is 6.63. The minimum Gasteiger partial charge on any atom is -0.321 e. The predicted molar refractivity (Wildman–Crippen MR) is 119 cm³/mol. The van der Waals surface area contributed by atoms with Gasteiger partial charge in [-0.05, 0) is 43.5 Å². The summed E-state index contributed by atoms with van der Waals surface area (Å²) in [5.74, 6) is -0.508. The quantitative estimate of drug-likeness (QED) is 0.560. The Labute approximate surface area is 180 Å². The second kappa shape index (κ2) is 8.60. The number of benzene rings is 2. The zero-order valence-electron chi connectivity index (χ0n) is 17.2. The molecule has 0 spiro atoms. The number of nitrogens with one attached hydrogen (secondary N) is 2. The Morgan fingerprint density at radius 2 is 1.87 bits per heavy atom. The third kappa shape index (κ3) is 4.67. The molecular formula is C22H24N4O4S. The van der Waals surface area contributed by atoms with Crippen LogP contribution in [-0.2, 0) is 16.6 Å². The van der Waals surface area contributed by atoms with E-state index < -0.39 is 15.9 Å². The first kappa shape index (κ1) is 21.2.